The molecule has 0 spiro atoms. The van der Waals surface area contributed by atoms with E-state index in [9.17, 15) is 0 Å². The second-order valence-electron chi connectivity index (χ2n) is 5.09. The molecule has 0 aliphatic heterocycles. The van der Waals surface area contributed by atoms with Crippen molar-refractivity contribution in [3.05, 3.63) is 30.1 Å². The Morgan fingerprint density at radius 3 is 2.78 bits per heavy atom. The van der Waals surface area contributed by atoms with Crippen molar-refractivity contribution in [1.29, 1.82) is 0 Å². The molecule has 4 N–H and O–H groups in total. The van der Waals surface area contributed by atoms with Crippen molar-refractivity contribution in [3.8, 4) is 5.75 Å². The van der Waals surface area contributed by atoms with Gasteiger partial charge in [-0.05, 0) is 31.5 Å². The van der Waals surface area contributed by atoms with Crippen molar-refractivity contribution in [2.24, 2.45) is 0 Å². The number of ether oxygens (including phenoxy) is 1. The average molecular weight is 317 g/mol. The Morgan fingerprint density at radius 2 is 2.13 bits per heavy atom. The number of aliphatic hydroxyl groups is 1. The van der Waals surface area contributed by atoms with Gasteiger partial charge in [-0.2, -0.15) is 0 Å². The van der Waals surface area contributed by atoms with Gasteiger partial charge in [0.25, 0.3) is 0 Å². The molecule has 1 heterocycles. The second-order valence-corrected chi connectivity index (χ2v) is 5.09. The summed E-state index contributed by atoms with van der Waals surface area (Å²) in [6.07, 6.45) is 1.45. The maximum atomic E-state index is 9.17. The lowest BCUT2D eigenvalue weighted by atomic mass is 10.2. The van der Waals surface area contributed by atoms with Crippen LogP contribution in [0.2, 0.25) is 0 Å². The fourth-order valence-corrected chi connectivity index (χ4v) is 2.32. The fraction of sp³-hybridized carbons (Fsp3) is 0.375. The SMILES string of the molecule is CCN(CCO)c1ncnc(Nc2cc(C)ccc2OC)c1N. The van der Waals surface area contributed by atoms with Gasteiger partial charge >= 0.3 is 0 Å². The maximum absolute atomic E-state index is 9.17. The molecular formula is C16H23N5O2. The summed E-state index contributed by atoms with van der Waals surface area (Å²) in [7, 11) is 1.62. The van der Waals surface area contributed by atoms with E-state index in [-0.39, 0.29) is 6.61 Å². The minimum Gasteiger partial charge on any atom is -0.495 e. The summed E-state index contributed by atoms with van der Waals surface area (Å²) in [5, 5.41) is 12.4. The highest BCUT2D eigenvalue weighted by molar-refractivity contribution is 5.79. The molecule has 0 radical (unpaired) electrons. The van der Waals surface area contributed by atoms with Crippen LogP contribution in [0.1, 0.15) is 12.5 Å². The molecule has 124 valence electrons. The Balaban J connectivity index is 2.36. The van der Waals surface area contributed by atoms with Crippen LogP contribution in [0.25, 0.3) is 0 Å². The summed E-state index contributed by atoms with van der Waals surface area (Å²) < 4.78 is 5.36. The Hall–Kier alpha value is -2.54. The number of nitrogens with one attached hydrogen (secondary N) is 1. The van der Waals surface area contributed by atoms with Crippen LogP contribution in [0.15, 0.2) is 24.5 Å². The van der Waals surface area contributed by atoms with Crippen molar-refractivity contribution in [3.63, 3.8) is 0 Å². The number of methoxy groups -OCH3 is 1. The third kappa shape index (κ3) is 3.81. The summed E-state index contributed by atoms with van der Waals surface area (Å²) in [4.78, 5) is 10.4. The van der Waals surface area contributed by atoms with Gasteiger partial charge in [-0.3, -0.25) is 0 Å². The summed E-state index contributed by atoms with van der Waals surface area (Å²) in [5.41, 5.74) is 8.53. The van der Waals surface area contributed by atoms with Gasteiger partial charge in [0.1, 0.15) is 17.8 Å². The Bertz CT molecular complexity index is 663. The number of aryl methyl sites for hydroxylation is 1. The molecule has 0 saturated carbocycles. The molecule has 7 nitrogen and oxygen atoms in total. The lowest BCUT2D eigenvalue weighted by Crippen LogP contribution is -2.28. The first-order chi connectivity index (χ1) is 11.1. The van der Waals surface area contributed by atoms with Crippen molar-refractivity contribution in [2.75, 3.05) is 42.8 Å². The molecule has 0 aliphatic rings. The number of hydrogen-bond acceptors (Lipinski definition) is 7. The zero-order valence-corrected chi connectivity index (χ0v) is 13.7. The van der Waals surface area contributed by atoms with Crippen LogP contribution in [0.5, 0.6) is 5.75 Å². The number of hydrogen-bond donors (Lipinski definition) is 3. The predicted molar refractivity (Wildman–Crippen MR) is 92.4 cm³/mol. The van der Waals surface area contributed by atoms with E-state index in [4.69, 9.17) is 15.6 Å². The first-order valence-electron chi connectivity index (χ1n) is 7.48. The molecule has 2 rings (SSSR count). The van der Waals surface area contributed by atoms with Gasteiger partial charge < -0.3 is 25.8 Å². The maximum Gasteiger partial charge on any atom is 0.159 e. The molecule has 0 fully saturated rings. The third-order valence-electron chi connectivity index (χ3n) is 3.52. The minimum atomic E-state index is 0.0335. The smallest absolute Gasteiger partial charge is 0.159 e. The lowest BCUT2D eigenvalue weighted by Gasteiger charge is -2.23. The first kappa shape index (κ1) is 16.8. The van der Waals surface area contributed by atoms with E-state index >= 15 is 0 Å². The zero-order valence-electron chi connectivity index (χ0n) is 13.7. The molecule has 1 aromatic carbocycles. The Labute approximate surface area is 136 Å². The van der Waals surface area contributed by atoms with Crippen LogP contribution < -0.4 is 20.7 Å². The van der Waals surface area contributed by atoms with Gasteiger partial charge in [0.2, 0.25) is 0 Å². The third-order valence-corrected chi connectivity index (χ3v) is 3.52. The van der Waals surface area contributed by atoms with E-state index < -0.39 is 0 Å². The van der Waals surface area contributed by atoms with Crippen molar-refractivity contribution in [1.82, 2.24) is 9.97 Å². The predicted octanol–water partition coefficient (Wildman–Crippen LogP) is 1.94. The fourth-order valence-electron chi connectivity index (χ4n) is 2.32. The summed E-state index contributed by atoms with van der Waals surface area (Å²) in [6.45, 7) is 5.17. The largest absolute Gasteiger partial charge is 0.495 e. The van der Waals surface area contributed by atoms with Crippen LogP contribution in [-0.4, -0.2) is 41.9 Å². The number of aromatic nitrogens is 2. The Kier molecular flexibility index (Phi) is 5.59. The van der Waals surface area contributed by atoms with Gasteiger partial charge in [-0.15, -0.1) is 0 Å². The quantitative estimate of drug-likeness (QED) is 0.718. The summed E-state index contributed by atoms with van der Waals surface area (Å²) in [6, 6.07) is 5.82. The van der Waals surface area contributed by atoms with E-state index in [0.717, 1.165) is 11.3 Å². The topological polar surface area (TPSA) is 96.5 Å². The molecule has 0 amide bonds. The van der Waals surface area contributed by atoms with Crippen LogP contribution in [0.3, 0.4) is 0 Å². The van der Waals surface area contributed by atoms with E-state index in [0.29, 0.717) is 36.2 Å². The number of nitrogens with two attached hydrogens (primary N) is 1. The molecule has 1 aromatic heterocycles. The molecule has 0 aliphatic carbocycles. The van der Waals surface area contributed by atoms with Crippen LogP contribution >= 0.6 is 0 Å². The van der Waals surface area contributed by atoms with Gasteiger partial charge in [0.05, 0.1) is 19.4 Å². The van der Waals surface area contributed by atoms with Crippen LogP contribution in [0.4, 0.5) is 23.0 Å². The van der Waals surface area contributed by atoms with E-state index in [1.807, 2.05) is 36.9 Å². The standard InChI is InChI=1S/C16H23N5O2/c1-4-21(7-8-22)16-14(17)15(18-10-19-16)20-12-9-11(2)5-6-13(12)23-3/h5-6,9-10,22H,4,7-8,17H2,1-3H3,(H,18,19,20). The molecule has 7 heteroatoms. The highest BCUT2D eigenvalue weighted by atomic mass is 16.5. The van der Waals surface area contributed by atoms with E-state index in [2.05, 4.69) is 15.3 Å². The minimum absolute atomic E-state index is 0.0335. The normalized spacial score (nSPS) is 10.4. The summed E-state index contributed by atoms with van der Waals surface area (Å²) >= 11 is 0. The molecule has 2 aromatic rings. The number of anilines is 4. The monoisotopic (exact) mass is 317 g/mol. The van der Waals surface area contributed by atoms with Crippen molar-refractivity contribution < 1.29 is 9.84 Å². The highest BCUT2D eigenvalue weighted by Crippen LogP contribution is 2.32. The number of rotatable bonds is 7. The van der Waals surface area contributed by atoms with Crippen LogP contribution in [0, 0.1) is 6.92 Å². The molecular weight excluding hydrogens is 294 g/mol. The van der Waals surface area contributed by atoms with E-state index in [1.54, 1.807) is 7.11 Å². The van der Waals surface area contributed by atoms with Crippen molar-refractivity contribution >= 4 is 23.0 Å². The average Bonchev–Trinajstić information content (AvgIpc) is 2.55. The Morgan fingerprint density at radius 1 is 1.35 bits per heavy atom. The number of aliphatic hydroxyl groups excluding tert-OH is 1. The first-order valence-corrected chi connectivity index (χ1v) is 7.48. The van der Waals surface area contributed by atoms with Crippen LogP contribution in [-0.2, 0) is 0 Å². The van der Waals surface area contributed by atoms with Gasteiger partial charge in [-0.25, -0.2) is 9.97 Å². The molecule has 0 atom stereocenters. The van der Waals surface area contributed by atoms with E-state index in [1.165, 1.54) is 6.33 Å². The van der Waals surface area contributed by atoms with Gasteiger partial charge in [0.15, 0.2) is 11.6 Å². The molecule has 0 bridgehead atoms. The highest BCUT2D eigenvalue weighted by Gasteiger charge is 2.15. The molecule has 0 saturated heterocycles. The number of nitrogen functional groups attached to an aromatic ring is 1. The lowest BCUT2D eigenvalue weighted by molar-refractivity contribution is 0.302. The molecule has 0 unspecified atom stereocenters. The number of nitrogens with zero attached hydrogens (tertiary/aromatic N) is 3. The second kappa shape index (κ2) is 7.64. The van der Waals surface area contributed by atoms with Gasteiger partial charge in [0, 0.05) is 13.1 Å². The van der Waals surface area contributed by atoms with Gasteiger partial charge in [-0.1, -0.05) is 6.07 Å². The number of likely N-dealkylation sites (N-methyl/N-ethyl adjacent to an activating group) is 1. The van der Waals surface area contributed by atoms with Crippen molar-refractivity contribution in [2.45, 2.75) is 13.8 Å². The zero-order chi connectivity index (χ0) is 16.8. The molecule has 23 heavy (non-hydrogen) atoms. The number of benzene rings is 1. The summed E-state index contributed by atoms with van der Waals surface area (Å²) in [5.74, 6) is 1.82.